The molecule has 1 amide bonds. The highest BCUT2D eigenvalue weighted by atomic mass is 16.5. The van der Waals surface area contributed by atoms with Crippen LogP contribution in [0.4, 0.5) is 0 Å². The van der Waals surface area contributed by atoms with Crippen LogP contribution in [0.5, 0.6) is 5.75 Å². The van der Waals surface area contributed by atoms with Crippen molar-refractivity contribution in [2.75, 3.05) is 39.8 Å². The van der Waals surface area contributed by atoms with Crippen LogP contribution in [0.25, 0.3) is 0 Å². The molecule has 0 aromatic heterocycles. The second kappa shape index (κ2) is 8.00. The van der Waals surface area contributed by atoms with Crippen molar-refractivity contribution in [2.24, 2.45) is 0 Å². The summed E-state index contributed by atoms with van der Waals surface area (Å²) in [5, 5.41) is 2.00. The summed E-state index contributed by atoms with van der Waals surface area (Å²) in [7, 11) is 2.18. The highest BCUT2D eigenvalue weighted by Crippen LogP contribution is 2.12. The summed E-state index contributed by atoms with van der Waals surface area (Å²) in [6.07, 6.45) is 2.17. The summed E-state index contributed by atoms with van der Waals surface area (Å²) < 4.78 is 5.60. The molecule has 5 heteroatoms. The number of nitrogens with one attached hydrogen (secondary N) is 2. The zero-order chi connectivity index (χ0) is 15.1. The first-order chi connectivity index (χ1) is 10.2. The van der Waals surface area contributed by atoms with Crippen molar-refractivity contribution < 1.29 is 14.4 Å². The largest absolute Gasteiger partial charge is 0.494 e. The predicted molar refractivity (Wildman–Crippen MR) is 82.5 cm³/mol. The fraction of sp³-hybridized carbons (Fsp3) is 0.562. The van der Waals surface area contributed by atoms with E-state index >= 15 is 0 Å². The SMILES string of the molecule is CCCCOc1ccc(C(=O)NN2CC[NH+](C)CC2)cc1. The van der Waals surface area contributed by atoms with E-state index in [-0.39, 0.29) is 5.91 Å². The number of benzene rings is 1. The van der Waals surface area contributed by atoms with Gasteiger partial charge in [0.15, 0.2) is 0 Å². The van der Waals surface area contributed by atoms with E-state index in [1.807, 2.05) is 29.3 Å². The lowest BCUT2D eigenvalue weighted by Gasteiger charge is -2.30. The topological polar surface area (TPSA) is 46.0 Å². The maximum absolute atomic E-state index is 12.2. The van der Waals surface area contributed by atoms with Crippen LogP contribution in [0, 0.1) is 0 Å². The Morgan fingerprint density at radius 3 is 2.57 bits per heavy atom. The lowest BCUT2D eigenvalue weighted by atomic mass is 10.2. The molecule has 0 bridgehead atoms. The lowest BCUT2D eigenvalue weighted by Crippen LogP contribution is -3.12. The van der Waals surface area contributed by atoms with Crippen molar-refractivity contribution in [3.05, 3.63) is 29.8 Å². The third kappa shape index (κ3) is 5.02. The van der Waals surface area contributed by atoms with Crippen LogP contribution in [-0.4, -0.2) is 50.7 Å². The zero-order valence-electron chi connectivity index (χ0n) is 13.0. The Labute approximate surface area is 126 Å². The number of amides is 1. The number of hydrogen-bond acceptors (Lipinski definition) is 3. The number of hydrogen-bond donors (Lipinski definition) is 2. The van der Waals surface area contributed by atoms with Gasteiger partial charge in [-0.1, -0.05) is 13.3 Å². The van der Waals surface area contributed by atoms with Crippen molar-refractivity contribution in [2.45, 2.75) is 19.8 Å². The minimum Gasteiger partial charge on any atom is -0.494 e. The molecule has 1 heterocycles. The van der Waals surface area contributed by atoms with Crippen molar-refractivity contribution in [3.8, 4) is 5.75 Å². The van der Waals surface area contributed by atoms with E-state index in [9.17, 15) is 4.79 Å². The van der Waals surface area contributed by atoms with E-state index in [0.717, 1.165) is 51.4 Å². The number of hydrazine groups is 1. The number of carbonyl (C=O) groups is 1. The second-order valence-electron chi connectivity index (χ2n) is 5.61. The van der Waals surface area contributed by atoms with Crippen molar-refractivity contribution in [1.82, 2.24) is 10.4 Å². The molecule has 1 aliphatic rings. The maximum Gasteiger partial charge on any atom is 0.265 e. The van der Waals surface area contributed by atoms with E-state index in [1.165, 1.54) is 4.90 Å². The Morgan fingerprint density at radius 2 is 1.95 bits per heavy atom. The molecule has 0 spiro atoms. The molecular weight excluding hydrogens is 266 g/mol. The first kappa shape index (κ1) is 15.8. The summed E-state index contributed by atoms with van der Waals surface area (Å²) in [6, 6.07) is 7.35. The first-order valence-electron chi connectivity index (χ1n) is 7.79. The third-order valence-electron chi connectivity index (χ3n) is 3.76. The molecule has 1 fully saturated rings. The van der Waals surface area contributed by atoms with Gasteiger partial charge in [0.05, 0.1) is 39.8 Å². The monoisotopic (exact) mass is 292 g/mol. The minimum absolute atomic E-state index is 0.0466. The van der Waals surface area contributed by atoms with Gasteiger partial charge < -0.3 is 9.64 Å². The van der Waals surface area contributed by atoms with Crippen LogP contribution in [0.2, 0.25) is 0 Å². The molecule has 116 valence electrons. The molecule has 2 N–H and O–H groups in total. The number of nitrogens with zero attached hydrogens (tertiary/aromatic N) is 1. The Hall–Kier alpha value is -1.59. The molecule has 2 rings (SSSR count). The summed E-state index contributed by atoms with van der Waals surface area (Å²) in [5.41, 5.74) is 3.64. The Balaban J connectivity index is 1.82. The van der Waals surface area contributed by atoms with Crippen LogP contribution in [0.15, 0.2) is 24.3 Å². The standard InChI is InChI=1S/C16H25N3O2/c1-3-4-13-21-15-7-5-14(6-8-15)16(20)17-19-11-9-18(2)10-12-19/h5-8H,3-4,9-13H2,1-2H3,(H,17,20)/p+1. The summed E-state index contributed by atoms with van der Waals surface area (Å²) in [4.78, 5) is 13.7. The second-order valence-corrected chi connectivity index (χ2v) is 5.61. The summed E-state index contributed by atoms with van der Waals surface area (Å²) in [5.74, 6) is 0.776. The summed E-state index contributed by atoms with van der Waals surface area (Å²) in [6.45, 7) is 6.78. The molecule has 0 radical (unpaired) electrons. The number of piperazine rings is 1. The van der Waals surface area contributed by atoms with Gasteiger partial charge in [0, 0.05) is 5.56 Å². The number of rotatable bonds is 6. The van der Waals surface area contributed by atoms with Gasteiger partial charge in [0.2, 0.25) is 0 Å². The quantitative estimate of drug-likeness (QED) is 0.743. The van der Waals surface area contributed by atoms with Crippen molar-refractivity contribution >= 4 is 5.91 Å². The first-order valence-corrected chi connectivity index (χ1v) is 7.79. The average Bonchev–Trinajstić information content (AvgIpc) is 2.50. The van der Waals surface area contributed by atoms with E-state index < -0.39 is 0 Å². The lowest BCUT2D eigenvalue weighted by molar-refractivity contribution is -0.884. The van der Waals surface area contributed by atoms with E-state index in [1.54, 1.807) is 0 Å². The highest BCUT2D eigenvalue weighted by molar-refractivity contribution is 5.93. The number of quaternary nitrogens is 1. The average molecular weight is 292 g/mol. The van der Waals surface area contributed by atoms with Crippen LogP contribution in [-0.2, 0) is 0 Å². The molecule has 1 aromatic carbocycles. The molecule has 0 saturated carbocycles. The zero-order valence-corrected chi connectivity index (χ0v) is 13.0. The smallest absolute Gasteiger partial charge is 0.265 e. The number of unbranched alkanes of at least 4 members (excludes halogenated alkanes) is 1. The Bertz CT molecular complexity index is 439. The maximum atomic E-state index is 12.2. The normalized spacial score (nSPS) is 16.7. The van der Waals surface area contributed by atoms with Crippen LogP contribution in [0.1, 0.15) is 30.1 Å². The number of carbonyl (C=O) groups excluding carboxylic acids is 1. The summed E-state index contributed by atoms with van der Waals surface area (Å²) >= 11 is 0. The molecular formula is C16H26N3O2+. The minimum atomic E-state index is -0.0466. The van der Waals surface area contributed by atoms with Crippen LogP contribution < -0.4 is 15.1 Å². The van der Waals surface area contributed by atoms with Gasteiger partial charge in [-0.05, 0) is 30.7 Å². The van der Waals surface area contributed by atoms with Gasteiger partial charge in [-0.2, -0.15) is 0 Å². The van der Waals surface area contributed by atoms with E-state index in [0.29, 0.717) is 5.56 Å². The fourth-order valence-electron chi connectivity index (χ4n) is 2.25. The van der Waals surface area contributed by atoms with Gasteiger partial charge in [0.1, 0.15) is 5.75 Å². The molecule has 5 nitrogen and oxygen atoms in total. The van der Waals surface area contributed by atoms with Gasteiger partial charge >= 0.3 is 0 Å². The number of likely N-dealkylation sites (N-methyl/N-ethyl adjacent to an activating group) is 1. The van der Waals surface area contributed by atoms with Crippen molar-refractivity contribution in [1.29, 1.82) is 0 Å². The highest BCUT2D eigenvalue weighted by Gasteiger charge is 2.18. The molecule has 0 aliphatic carbocycles. The number of ether oxygens (including phenoxy) is 1. The van der Waals surface area contributed by atoms with Crippen molar-refractivity contribution in [3.63, 3.8) is 0 Å². The van der Waals surface area contributed by atoms with Gasteiger partial charge in [-0.25, -0.2) is 5.01 Å². The molecule has 1 aromatic rings. The third-order valence-corrected chi connectivity index (χ3v) is 3.76. The molecule has 21 heavy (non-hydrogen) atoms. The Morgan fingerprint density at radius 1 is 1.29 bits per heavy atom. The van der Waals surface area contributed by atoms with Crippen LogP contribution >= 0.6 is 0 Å². The molecule has 1 aliphatic heterocycles. The molecule has 0 atom stereocenters. The van der Waals surface area contributed by atoms with E-state index in [4.69, 9.17) is 4.74 Å². The van der Waals surface area contributed by atoms with Gasteiger partial charge in [-0.3, -0.25) is 10.2 Å². The predicted octanol–water partition coefficient (Wildman–Crippen LogP) is 0.341. The Kier molecular flexibility index (Phi) is 6.02. The molecule has 1 saturated heterocycles. The van der Waals surface area contributed by atoms with Crippen LogP contribution in [0.3, 0.4) is 0 Å². The fourth-order valence-corrected chi connectivity index (χ4v) is 2.25. The van der Waals surface area contributed by atoms with Gasteiger partial charge in [-0.15, -0.1) is 0 Å². The van der Waals surface area contributed by atoms with Gasteiger partial charge in [0.25, 0.3) is 5.91 Å². The molecule has 0 unspecified atom stereocenters. The van der Waals surface area contributed by atoms with E-state index in [2.05, 4.69) is 19.4 Å².